The summed E-state index contributed by atoms with van der Waals surface area (Å²) >= 11 is 0. The number of alkyl halides is 3. The van der Waals surface area contributed by atoms with E-state index >= 15 is 0 Å². The molecule has 5 rings (SSSR count). The molecule has 3 saturated carbocycles. The number of hydrogen-bond donors (Lipinski definition) is 2. The quantitative estimate of drug-likeness (QED) is 0.685. The van der Waals surface area contributed by atoms with Crippen molar-refractivity contribution < 1.29 is 27.1 Å². The zero-order valence-corrected chi connectivity index (χ0v) is 16.1. The van der Waals surface area contributed by atoms with Gasteiger partial charge >= 0.3 is 6.36 Å². The smallest absolute Gasteiger partial charge is 0.403 e. The van der Waals surface area contributed by atoms with Gasteiger partial charge in [-0.25, -0.2) is 4.39 Å². The maximum Gasteiger partial charge on any atom is 0.573 e. The molecule has 0 radical (unpaired) electrons. The van der Waals surface area contributed by atoms with Crippen LogP contribution in [0.4, 0.5) is 23.2 Å². The molecule has 0 saturated heterocycles. The Morgan fingerprint density at radius 1 is 1.20 bits per heavy atom. The number of pyridine rings is 1. The molecular formula is C21H19F4N3O2. The van der Waals surface area contributed by atoms with Crippen LogP contribution in [0.1, 0.15) is 26.2 Å². The van der Waals surface area contributed by atoms with Gasteiger partial charge in [-0.3, -0.25) is 9.78 Å². The number of carbonyl (C=O) groups is 1. The molecule has 3 aliphatic carbocycles. The van der Waals surface area contributed by atoms with Gasteiger partial charge in [-0.15, -0.1) is 13.2 Å². The first-order chi connectivity index (χ1) is 14.1. The average Bonchev–Trinajstić information content (AvgIpc) is 3.40. The van der Waals surface area contributed by atoms with Crippen molar-refractivity contribution in [2.45, 2.75) is 38.1 Å². The van der Waals surface area contributed by atoms with E-state index < -0.39 is 17.9 Å². The number of amides is 1. The van der Waals surface area contributed by atoms with E-state index in [1.165, 1.54) is 6.07 Å². The van der Waals surface area contributed by atoms with Gasteiger partial charge < -0.3 is 15.4 Å². The third-order valence-electron chi connectivity index (χ3n) is 6.82. The zero-order valence-electron chi connectivity index (χ0n) is 16.1. The summed E-state index contributed by atoms with van der Waals surface area (Å²) in [6.07, 6.45) is -0.290. The van der Waals surface area contributed by atoms with E-state index in [2.05, 4.69) is 20.4 Å². The van der Waals surface area contributed by atoms with Gasteiger partial charge in [0.15, 0.2) is 11.6 Å². The van der Waals surface area contributed by atoms with Crippen molar-refractivity contribution in [2.24, 2.45) is 10.8 Å². The Hall–Kier alpha value is -2.84. The second kappa shape index (κ2) is 5.86. The van der Waals surface area contributed by atoms with E-state index in [1.54, 1.807) is 25.3 Å². The van der Waals surface area contributed by atoms with E-state index in [1.807, 2.05) is 0 Å². The molecule has 5 nitrogen and oxygen atoms in total. The molecular weight excluding hydrogens is 402 g/mol. The summed E-state index contributed by atoms with van der Waals surface area (Å²) in [5.41, 5.74) is 2.04. The number of benzene rings is 1. The summed E-state index contributed by atoms with van der Waals surface area (Å²) in [6.45, 7) is 2.31. The predicted molar refractivity (Wildman–Crippen MR) is 100 cm³/mol. The van der Waals surface area contributed by atoms with Crippen molar-refractivity contribution in [3.63, 3.8) is 0 Å². The molecule has 0 bridgehead atoms. The van der Waals surface area contributed by atoms with Gasteiger partial charge in [0, 0.05) is 41.9 Å². The third kappa shape index (κ3) is 2.82. The van der Waals surface area contributed by atoms with Gasteiger partial charge in [-0.05, 0) is 55.0 Å². The van der Waals surface area contributed by atoms with Gasteiger partial charge in [0.2, 0.25) is 5.91 Å². The molecule has 1 spiro atoms. The number of aromatic nitrogens is 1. The number of halogens is 4. The molecule has 158 valence electrons. The van der Waals surface area contributed by atoms with Crippen LogP contribution in [0.3, 0.4) is 0 Å². The minimum atomic E-state index is -4.95. The van der Waals surface area contributed by atoms with Gasteiger partial charge in [0.1, 0.15) is 0 Å². The standard InChI is InChI=1S/C21H19F4N3O2/c1-12(29)28-20-9-18(8-19(18,20)10-20)11-27-14-4-5-26-16(7-14)13-2-3-17(15(22)6-13)30-21(23,24)25/h2-7H,8-11H2,1H3,(H,26,27)(H,28,29). The van der Waals surface area contributed by atoms with Crippen LogP contribution in [0.2, 0.25) is 0 Å². The van der Waals surface area contributed by atoms with Crippen LogP contribution in [0.25, 0.3) is 11.3 Å². The normalized spacial score (nSPS) is 30.4. The second-order valence-electron chi connectivity index (χ2n) is 8.63. The molecule has 1 aromatic heterocycles. The van der Waals surface area contributed by atoms with Crippen molar-refractivity contribution in [3.05, 3.63) is 42.3 Å². The first kappa shape index (κ1) is 19.1. The molecule has 0 aliphatic heterocycles. The van der Waals surface area contributed by atoms with E-state index in [9.17, 15) is 22.4 Å². The molecule has 3 fully saturated rings. The van der Waals surface area contributed by atoms with Crippen LogP contribution >= 0.6 is 0 Å². The van der Waals surface area contributed by atoms with Gasteiger partial charge in [0.05, 0.1) is 5.69 Å². The van der Waals surface area contributed by atoms with Crippen LogP contribution in [0, 0.1) is 16.6 Å². The minimum absolute atomic E-state index is 0.00166. The second-order valence-corrected chi connectivity index (χ2v) is 8.63. The SMILES string of the molecule is CC(=O)NC12CC3(CNc4ccnc(-c5ccc(OC(F)(F)F)c(F)c5)c4)CC31C2. The van der Waals surface area contributed by atoms with Gasteiger partial charge in [-0.1, -0.05) is 0 Å². The summed E-state index contributed by atoms with van der Waals surface area (Å²) < 4.78 is 54.6. The summed E-state index contributed by atoms with van der Waals surface area (Å²) in [5.74, 6) is -1.98. The number of ether oxygens (including phenoxy) is 1. The minimum Gasteiger partial charge on any atom is -0.403 e. The van der Waals surface area contributed by atoms with E-state index in [0.29, 0.717) is 11.3 Å². The highest BCUT2D eigenvalue weighted by atomic mass is 19.4. The van der Waals surface area contributed by atoms with Crippen LogP contribution in [0.5, 0.6) is 5.75 Å². The molecule has 30 heavy (non-hydrogen) atoms. The monoisotopic (exact) mass is 421 g/mol. The van der Waals surface area contributed by atoms with Crippen molar-refractivity contribution in [1.82, 2.24) is 10.3 Å². The highest BCUT2D eigenvalue weighted by Gasteiger charge is 2.96. The Balaban J connectivity index is 1.25. The number of hydrogen-bond acceptors (Lipinski definition) is 4. The maximum atomic E-state index is 14.0. The fraction of sp³-hybridized carbons (Fsp3) is 0.429. The Kier molecular flexibility index (Phi) is 3.74. The molecule has 2 N–H and O–H groups in total. The first-order valence-corrected chi connectivity index (χ1v) is 9.62. The van der Waals surface area contributed by atoms with Crippen molar-refractivity contribution >= 4 is 11.6 Å². The lowest BCUT2D eigenvalue weighted by atomic mass is 9.79. The molecule has 1 amide bonds. The van der Waals surface area contributed by atoms with Gasteiger partial charge in [0.25, 0.3) is 0 Å². The van der Waals surface area contributed by atoms with E-state index in [-0.39, 0.29) is 22.3 Å². The van der Waals surface area contributed by atoms with Crippen LogP contribution in [-0.4, -0.2) is 29.3 Å². The fourth-order valence-electron chi connectivity index (χ4n) is 5.54. The summed E-state index contributed by atoms with van der Waals surface area (Å²) in [6, 6.07) is 6.77. The Bertz CT molecular complexity index is 1060. The summed E-state index contributed by atoms with van der Waals surface area (Å²) in [4.78, 5) is 15.6. The highest BCUT2D eigenvalue weighted by Crippen LogP contribution is 2.95. The molecule has 3 atom stereocenters. The lowest BCUT2D eigenvalue weighted by Gasteiger charge is -2.35. The molecule has 9 heteroatoms. The zero-order chi connectivity index (χ0) is 21.4. The Morgan fingerprint density at radius 3 is 2.67 bits per heavy atom. The molecule has 1 heterocycles. The summed E-state index contributed by atoms with van der Waals surface area (Å²) in [7, 11) is 0. The first-order valence-electron chi connectivity index (χ1n) is 9.62. The molecule has 3 unspecified atom stereocenters. The maximum absolute atomic E-state index is 14.0. The van der Waals surface area contributed by atoms with Crippen LogP contribution in [-0.2, 0) is 4.79 Å². The molecule has 2 aromatic rings. The number of nitrogens with zero attached hydrogens (tertiary/aromatic N) is 1. The third-order valence-corrected chi connectivity index (χ3v) is 6.82. The lowest BCUT2D eigenvalue weighted by Crippen LogP contribution is -2.48. The number of carbonyl (C=O) groups excluding carboxylic acids is 1. The lowest BCUT2D eigenvalue weighted by molar-refractivity contribution is -0.275. The molecule has 1 aromatic carbocycles. The number of nitrogens with one attached hydrogen (secondary N) is 2. The number of rotatable bonds is 6. The van der Waals surface area contributed by atoms with Crippen molar-refractivity contribution in [2.75, 3.05) is 11.9 Å². The van der Waals surface area contributed by atoms with Crippen LogP contribution < -0.4 is 15.4 Å². The topological polar surface area (TPSA) is 63.2 Å². The van der Waals surface area contributed by atoms with E-state index in [4.69, 9.17) is 0 Å². The Morgan fingerprint density at radius 2 is 2.00 bits per heavy atom. The number of anilines is 1. The Labute approximate surface area is 169 Å². The fourth-order valence-corrected chi connectivity index (χ4v) is 5.54. The van der Waals surface area contributed by atoms with Crippen LogP contribution in [0.15, 0.2) is 36.5 Å². The highest BCUT2D eigenvalue weighted by molar-refractivity contribution is 5.76. The van der Waals surface area contributed by atoms with Crippen molar-refractivity contribution in [3.8, 4) is 17.0 Å². The average molecular weight is 421 g/mol. The van der Waals surface area contributed by atoms with E-state index in [0.717, 1.165) is 43.6 Å². The van der Waals surface area contributed by atoms with Crippen molar-refractivity contribution in [1.29, 1.82) is 0 Å². The summed E-state index contributed by atoms with van der Waals surface area (Å²) in [5, 5.41) is 6.49. The largest absolute Gasteiger partial charge is 0.573 e. The van der Waals surface area contributed by atoms with Gasteiger partial charge in [-0.2, -0.15) is 0 Å². The molecule has 3 aliphatic rings. The predicted octanol–water partition coefficient (Wildman–Crippen LogP) is 4.26.